The van der Waals surface area contributed by atoms with E-state index in [1.54, 1.807) is 6.92 Å². The predicted octanol–water partition coefficient (Wildman–Crippen LogP) is 5.08. The molecule has 0 unspecified atom stereocenters. The molecule has 0 bridgehead atoms. The number of aliphatic carboxylic acids is 1. The summed E-state index contributed by atoms with van der Waals surface area (Å²) in [5.74, 6) is -0.280. The molecule has 196 valence electrons. The average Bonchev–Trinajstić information content (AvgIpc) is 3.48. The van der Waals surface area contributed by atoms with Crippen LogP contribution in [0.3, 0.4) is 0 Å². The van der Waals surface area contributed by atoms with E-state index >= 15 is 0 Å². The minimum Gasteiger partial charge on any atom is -0.481 e. The van der Waals surface area contributed by atoms with E-state index in [0.717, 1.165) is 52.5 Å². The van der Waals surface area contributed by atoms with Crippen molar-refractivity contribution in [3.05, 3.63) is 60.2 Å². The summed E-state index contributed by atoms with van der Waals surface area (Å²) in [6, 6.07) is 17.5. The molecule has 2 aromatic carbocycles. The molecule has 1 fully saturated rings. The molecule has 38 heavy (non-hydrogen) atoms. The number of nitrogens with zero attached hydrogens (tertiary/aromatic N) is 5. The second-order valence-electron chi connectivity index (χ2n) is 9.72. The van der Waals surface area contributed by atoms with Crippen LogP contribution in [0, 0.1) is 5.41 Å². The van der Waals surface area contributed by atoms with Crippen LogP contribution in [-0.4, -0.2) is 60.8 Å². The molecule has 0 radical (unpaired) electrons. The highest BCUT2D eigenvalue weighted by molar-refractivity contribution is 5.85. The molecule has 1 saturated carbocycles. The van der Waals surface area contributed by atoms with Crippen LogP contribution < -0.4 is 0 Å². The van der Waals surface area contributed by atoms with Gasteiger partial charge in [-0.2, -0.15) is 0 Å². The van der Waals surface area contributed by atoms with Crippen LogP contribution >= 0.6 is 0 Å². The number of carbonyl (C=O) groups excluding carboxylic acids is 1. The maximum Gasteiger partial charge on any atom is 0.410 e. The van der Waals surface area contributed by atoms with Crippen molar-refractivity contribution in [2.24, 2.45) is 5.41 Å². The SMILES string of the molecule is CCOC(=O)N(Cc1ccc2nc(-c3ccccc3-c3nnn[nH]3)ccc2c1)CC1(C(=O)O)CCCCC1. The number of aromatic nitrogens is 5. The molecule has 1 amide bonds. The van der Waals surface area contributed by atoms with Gasteiger partial charge in [-0.15, -0.1) is 5.10 Å². The quantitative estimate of drug-likeness (QED) is 0.333. The van der Waals surface area contributed by atoms with Crippen LogP contribution in [0.15, 0.2) is 54.6 Å². The number of rotatable bonds is 8. The van der Waals surface area contributed by atoms with Gasteiger partial charge in [-0.25, -0.2) is 14.9 Å². The van der Waals surface area contributed by atoms with Gasteiger partial charge < -0.3 is 14.7 Å². The van der Waals surface area contributed by atoms with Crippen LogP contribution in [0.4, 0.5) is 4.79 Å². The van der Waals surface area contributed by atoms with Crippen molar-refractivity contribution in [1.82, 2.24) is 30.5 Å². The minimum atomic E-state index is -0.940. The molecule has 0 aliphatic heterocycles. The molecule has 0 saturated heterocycles. The van der Waals surface area contributed by atoms with Crippen molar-refractivity contribution < 1.29 is 19.4 Å². The van der Waals surface area contributed by atoms with Crippen molar-refractivity contribution >= 4 is 23.0 Å². The number of amides is 1. The number of pyridine rings is 1. The summed E-state index contributed by atoms with van der Waals surface area (Å²) in [4.78, 5) is 31.5. The summed E-state index contributed by atoms with van der Waals surface area (Å²) in [5, 5.41) is 25.2. The van der Waals surface area contributed by atoms with E-state index in [4.69, 9.17) is 9.72 Å². The number of ether oxygens (including phenoxy) is 1. The van der Waals surface area contributed by atoms with Gasteiger partial charge in [-0.05, 0) is 54.0 Å². The van der Waals surface area contributed by atoms with Crippen molar-refractivity contribution in [3.8, 4) is 22.6 Å². The second kappa shape index (κ2) is 11.0. The molecule has 1 aliphatic rings. The Kier molecular flexibility index (Phi) is 7.30. The first-order chi connectivity index (χ1) is 18.5. The van der Waals surface area contributed by atoms with Crippen LogP contribution in [-0.2, 0) is 16.1 Å². The molecule has 4 aromatic rings. The lowest BCUT2D eigenvalue weighted by atomic mass is 9.73. The van der Waals surface area contributed by atoms with E-state index in [-0.39, 0.29) is 19.7 Å². The first-order valence-corrected chi connectivity index (χ1v) is 12.9. The fourth-order valence-corrected chi connectivity index (χ4v) is 5.26. The van der Waals surface area contributed by atoms with Gasteiger partial charge in [0.25, 0.3) is 0 Å². The van der Waals surface area contributed by atoms with Gasteiger partial charge in [0.15, 0.2) is 5.82 Å². The van der Waals surface area contributed by atoms with Gasteiger partial charge in [-0.1, -0.05) is 55.7 Å². The third-order valence-electron chi connectivity index (χ3n) is 7.21. The second-order valence-corrected chi connectivity index (χ2v) is 9.72. The first kappa shape index (κ1) is 25.3. The van der Waals surface area contributed by atoms with E-state index < -0.39 is 17.5 Å². The number of fused-ring (bicyclic) bond motifs is 1. The highest BCUT2D eigenvalue weighted by Gasteiger charge is 2.42. The fraction of sp³-hybridized carbons (Fsp3) is 0.357. The monoisotopic (exact) mass is 514 g/mol. The topological polar surface area (TPSA) is 134 Å². The standard InChI is InChI=1S/C28H30N6O4/c1-2-38-27(37)34(18-28(26(35)36)14-6-3-7-15-28)17-19-10-12-23-20(16-19)11-13-24(29-23)21-8-4-5-9-22(21)25-30-32-33-31-25/h4-5,8-13,16H,2-3,6-7,14-15,17-18H2,1H3,(H,35,36)(H,30,31,32,33). The van der Waals surface area contributed by atoms with Gasteiger partial charge in [-0.3, -0.25) is 4.79 Å². The smallest absolute Gasteiger partial charge is 0.410 e. The Morgan fingerprint density at radius 3 is 2.55 bits per heavy atom. The highest BCUT2D eigenvalue weighted by atomic mass is 16.6. The summed E-state index contributed by atoms with van der Waals surface area (Å²) in [5.41, 5.74) is 3.27. The lowest BCUT2D eigenvalue weighted by Gasteiger charge is -2.37. The van der Waals surface area contributed by atoms with Gasteiger partial charge >= 0.3 is 12.1 Å². The summed E-state index contributed by atoms with van der Waals surface area (Å²) in [6.45, 7) is 2.36. The average molecular weight is 515 g/mol. The Morgan fingerprint density at radius 1 is 1.05 bits per heavy atom. The maximum atomic E-state index is 12.9. The molecule has 10 nitrogen and oxygen atoms in total. The van der Waals surface area contributed by atoms with E-state index in [9.17, 15) is 14.7 Å². The Hall–Kier alpha value is -4.34. The number of carbonyl (C=O) groups is 2. The summed E-state index contributed by atoms with van der Waals surface area (Å²) in [7, 11) is 0. The molecule has 2 heterocycles. The van der Waals surface area contributed by atoms with Crippen LogP contribution in [0.1, 0.15) is 44.6 Å². The largest absolute Gasteiger partial charge is 0.481 e. The normalized spacial score (nSPS) is 14.8. The number of carboxylic acids is 1. The van der Waals surface area contributed by atoms with E-state index in [1.807, 2.05) is 54.6 Å². The number of aromatic amines is 1. The number of hydrogen-bond acceptors (Lipinski definition) is 7. The molecule has 0 atom stereocenters. The molecule has 0 spiro atoms. The van der Waals surface area contributed by atoms with Gasteiger partial charge in [0.2, 0.25) is 0 Å². The Morgan fingerprint density at radius 2 is 1.84 bits per heavy atom. The third-order valence-corrected chi connectivity index (χ3v) is 7.21. The lowest BCUT2D eigenvalue weighted by molar-refractivity contribution is -0.152. The maximum absolute atomic E-state index is 12.9. The van der Waals surface area contributed by atoms with Crippen molar-refractivity contribution in [3.63, 3.8) is 0 Å². The number of nitrogens with one attached hydrogen (secondary N) is 1. The number of carboxylic acid groups (broad SMARTS) is 1. The Labute approximate surface area is 220 Å². The lowest BCUT2D eigenvalue weighted by Crippen LogP contribution is -2.46. The molecule has 5 rings (SSSR count). The fourth-order valence-electron chi connectivity index (χ4n) is 5.26. The number of tetrazole rings is 1. The number of benzene rings is 2. The molecular weight excluding hydrogens is 484 g/mol. The summed E-state index contributed by atoms with van der Waals surface area (Å²) < 4.78 is 5.30. The van der Waals surface area contributed by atoms with Crippen molar-refractivity contribution in [2.45, 2.75) is 45.6 Å². The molecule has 2 N–H and O–H groups in total. The number of H-pyrrole nitrogens is 1. The molecule has 2 aromatic heterocycles. The Balaban J connectivity index is 1.42. The van der Waals surface area contributed by atoms with Crippen molar-refractivity contribution in [2.75, 3.05) is 13.2 Å². The number of hydrogen-bond donors (Lipinski definition) is 2. The highest BCUT2D eigenvalue weighted by Crippen LogP contribution is 2.38. The zero-order valence-corrected chi connectivity index (χ0v) is 21.3. The zero-order valence-electron chi connectivity index (χ0n) is 21.3. The van der Waals surface area contributed by atoms with Gasteiger partial charge in [0.1, 0.15) is 0 Å². The van der Waals surface area contributed by atoms with E-state index in [0.29, 0.717) is 18.7 Å². The van der Waals surface area contributed by atoms with E-state index in [1.165, 1.54) is 4.90 Å². The van der Waals surface area contributed by atoms with Gasteiger partial charge in [0, 0.05) is 29.6 Å². The Bertz CT molecular complexity index is 1430. The summed E-state index contributed by atoms with van der Waals surface area (Å²) >= 11 is 0. The molecule has 1 aliphatic carbocycles. The molecule has 10 heteroatoms. The van der Waals surface area contributed by atoms with Crippen LogP contribution in [0.2, 0.25) is 0 Å². The minimum absolute atomic E-state index is 0.129. The molecular formula is C28H30N6O4. The predicted molar refractivity (Wildman–Crippen MR) is 141 cm³/mol. The van der Waals surface area contributed by atoms with Crippen molar-refractivity contribution in [1.29, 1.82) is 0 Å². The van der Waals surface area contributed by atoms with E-state index in [2.05, 4.69) is 20.6 Å². The van der Waals surface area contributed by atoms with Crippen LogP contribution in [0.25, 0.3) is 33.5 Å². The third kappa shape index (κ3) is 5.20. The first-order valence-electron chi connectivity index (χ1n) is 12.9. The van der Waals surface area contributed by atoms with Gasteiger partial charge in [0.05, 0.1) is 23.2 Å². The van der Waals surface area contributed by atoms with Crippen LogP contribution in [0.5, 0.6) is 0 Å². The zero-order chi connectivity index (χ0) is 26.5. The summed E-state index contributed by atoms with van der Waals surface area (Å²) in [6.07, 6.45) is 3.35.